The quantitative estimate of drug-likeness (QED) is 0.732. The minimum Gasteiger partial charge on any atom is -0.322 e. The van der Waals surface area contributed by atoms with Gasteiger partial charge < -0.3 is 15.5 Å². The molecule has 2 amide bonds. The lowest BCUT2D eigenvalue weighted by atomic mass is 10.1. The van der Waals surface area contributed by atoms with E-state index in [0.717, 1.165) is 35.0 Å². The van der Waals surface area contributed by atoms with Gasteiger partial charge in [-0.25, -0.2) is 8.78 Å². The maximum atomic E-state index is 13.5. The van der Waals surface area contributed by atoms with Gasteiger partial charge in [-0.1, -0.05) is 12.1 Å². The van der Waals surface area contributed by atoms with Crippen LogP contribution in [0.1, 0.15) is 11.1 Å². The summed E-state index contributed by atoms with van der Waals surface area (Å²) in [6, 6.07) is 8.46. The van der Waals surface area contributed by atoms with Crippen LogP contribution in [-0.4, -0.2) is 32.0 Å². The molecule has 0 aliphatic heterocycles. The molecule has 2 aromatic carbocycles. The van der Waals surface area contributed by atoms with Crippen LogP contribution in [0.25, 0.3) is 0 Å². The molecular formula is C19H22F2N3O2+. The van der Waals surface area contributed by atoms with Gasteiger partial charge in [-0.15, -0.1) is 0 Å². The molecule has 2 aromatic rings. The number of rotatable bonds is 6. The van der Waals surface area contributed by atoms with E-state index >= 15 is 0 Å². The maximum Gasteiger partial charge on any atom is 0.279 e. The van der Waals surface area contributed by atoms with Crippen molar-refractivity contribution in [3.05, 3.63) is 59.2 Å². The first-order valence-corrected chi connectivity index (χ1v) is 8.18. The SMILES string of the molecule is Cc1cccc(NC(=O)C[NH+](C)CC(=O)Nc2cc(F)ccc2F)c1C. The van der Waals surface area contributed by atoms with E-state index in [0.29, 0.717) is 4.90 Å². The summed E-state index contributed by atoms with van der Waals surface area (Å²) in [5, 5.41) is 5.14. The van der Waals surface area contributed by atoms with Gasteiger partial charge in [-0.05, 0) is 43.2 Å². The van der Waals surface area contributed by atoms with Crippen LogP contribution in [0.15, 0.2) is 36.4 Å². The topological polar surface area (TPSA) is 62.6 Å². The Morgan fingerprint density at radius 3 is 2.23 bits per heavy atom. The van der Waals surface area contributed by atoms with Crippen LogP contribution in [0.3, 0.4) is 0 Å². The van der Waals surface area contributed by atoms with E-state index in [2.05, 4.69) is 10.6 Å². The number of hydrogen-bond donors (Lipinski definition) is 3. The Morgan fingerprint density at radius 1 is 0.962 bits per heavy atom. The van der Waals surface area contributed by atoms with Gasteiger partial charge >= 0.3 is 0 Å². The van der Waals surface area contributed by atoms with Crippen molar-refractivity contribution >= 4 is 23.2 Å². The molecule has 0 spiro atoms. The molecule has 1 atom stereocenters. The largest absolute Gasteiger partial charge is 0.322 e. The van der Waals surface area contributed by atoms with Crippen molar-refractivity contribution in [1.29, 1.82) is 0 Å². The van der Waals surface area contributed by atoms with Crippen molar-refractivity contribution in [2.45, 2.75) is 13.8 Å². The predicted molar refractivity (Wildman–Crippen MR) is 96.2 cm³/mol. The van der Waals surface area contributed by atoms with Crippen molar-refractivity contribution in [1.82, 2.24) is 0 Å². The Hall–Kier alpha value is -2.80. The van der Waals surface area contributed by atoms with Gasteiger partial charge in [0.25, 0.3) is 11.8 Å². The van der Waals surface area contributed by atoms with Crippen molar-refractivity contribution in [2.24, 2.45) is 0 Å². The number of benzene rings is 2. The Kier molecular flexibility index (Phi) is 6.41. The second-order valence-corrected chi connectivity index (χ2v) is 6.28. The summed E-state index contributed by atoms with van der Waals surface area (Å²) in [6.07, 6.45) is 0. The van der Waals surface area contributed by atoms with E-state index in [1.54, 1.807) is 7.05 Å². The van der Waals surface area contributed by atoms with E-state index in [1.807, 2.05) is 32.0 Å². The number of amides is 2. The normalized spacial score (nSPS) is 11.7. The van der Waals surface area contributed by atoms with Crippen LogP contribution in [-0.2, 0) is 9.59 Å². The average molecular weight is 362 g/mol. The molecule has 0 radical (unpaired) electrons. The third-order valence-corrected chi connectivity index (χ3v) is 4.01. The second kappa shape index (κ2) is 8.53. The van der Waals surface area contributed by atoms with Crippen LogP contribution < -0.4 is 15.5 Å². The fourth-order valence-corrected chi connectivity index (χ4v) is 2.48. The van der Waals surface area contributed by atoms with Gasteiger partial charge in [-0.2, -0.15) is 0 Å². The van der Waals surface area contributed by atoms with Crippen LogP contribution in [0.5, 0.6) is 0 Å². The van der Waals surface area contributed by atoms with Crippen LogP contribution >= 0.6 is 0 Å². The second-order valence-electron chi connectivity index (χ2n) is 6.28. The molecule has 0 fully saturated rings. The lowest BCUT2D eigenvalue weighted by Crippen LogP contribution is -3.11. The zero-order chi connectivity index (χ0) is 19.3. The molecule has 2 rings (SSSR count). The van der Waals surface area contributed by atoms with Gasteiger partial charge in [0.05, 0.1) is 12.7 Å². The molecule has 138 valence electrons. The summed E-state index contributed by atoms with van der Waals surface area (Å²) in [6.45, 7) is 3.88. The average Bonchev–Trinajstić information content (AvgIpc) is 2.55. The lowest BCUT2D eigenvalue weighted by molar-refractivity contribution is -0.862. The van der Waals surface area contributed by atoms with E-state index in [-0.39, 0.29) is 24.7 Å². The number of carbonyl (C=O) groups is 2. The number of quaternary nitrogens is 1. The summed E-state index contributed by atoms with van der Waals surface area (Å²) < 4.78 is 26.7. The summed E-state index contributed by atoms with van der Waals surface area (Å²) in [4.78, 5) is 24.7. The van der Waals surface area contributed by atoms with Gasteiger partial charge in [0.2, 0.25) is 0 Å². The molecular weight excluding hydrogens is 340 g/mol. The minimum absolute atomic E-state index is 0.0594. The molecule has 26 heavy (non-hydrogen) atoms. The Labute approximate surface area is 151 Å². The Morgan fingerprint density at radius 2 is 1.58 bits per heavy atom. The summed E-state index contributed by atoms with van der Waals surface area (Å²) in [5.74, 6) is -2.10. The van der Waals surface area contributed by atoms with Crippen LogP contribution in [0.4, 0.5) is 20.2 Å². The van der Waals surface area contributed by atoms with Crippen LogP contribution in [0.2, 0.25) is 0 Å². The molecule has 7 heteroatoms. The van der Waals surface area contributed by atoms with Gasteiger partial charge in [-0.3, -0.25) is 9.59 Å². The van der Waals surface area contributed by atoms with Crippen molar-refractivity contribution in [3.8, 4) is 0 Å². The highest BCUT2D eigenvalue weighted by Gasteiger charge is 2.16. The molecule has 5 nitrogen and oxygen atoms in total. The molecule has 0 saturated heterocycles. The summed E-state index contributed by atoms with van der Waals surface area (Å²) in [7, 11) is 1.67. The van der Waals surface area contributed by atoms with Crippen molar-refractivity contribution in [3.63, 3.8) is 0 Å². The first kappa shape index (κ1) is 19.5. The zero-order valence-electron chi connectivity index (χ0n) is 15.0. The molecule has 0 bridgehead atoms. The molecule has 1 unspecified atom stereocenters. The van der Waals surface area contributed by atoms with E-state index in [4.69, 9.17) is 0 Å². The fraction of sp³-hybridized carbons (Fsp3) is 0.263. The number of carbonyl (C=O) groups excluding carboxylic acids is 2. The monoisotopic (exact) mass is 362 g/mol. The van der Waals surface area contributed by atoms with E-state index in [1.165, 1.54) is 0 Å². The zero-order valence-corrected chi connectivity index (χ0v) is 15.0. The predicted octanol–water partition coefficient (Wildman–Crippen LogP) is 1.67. The van der Waals surface area contributed by atoms with Gasteiger partial charge in [0.1, 0.15) is 11.6 Å². The first-order chi connectivity index (χ1) is 12.3. The standard InChI is InChI=1S/C19H21F2N3O2/c1-12-5-4-6-16(13(12)2)22-18(25)10-24(3)11-19(26)23-17-9-14(20)7-8-15(17)21/h4-9H,10-11H2,1-3H3,(H,22,25)(H,23,26)/p+1. The molecule has 0 aliphatic rings. The fourth-order valence-electron chi connectivity index (χ4n) is 2.48. The number of hydrogen-bond acceptors (Lipinski definition) is 2. The Balaban J connectivity index is 1.88. The van der Waals surface area contributed by atoms with E-state index < -0.39 is 17.5 Å². The lowest BCUT2D eigenvalue weighted by Gasteiger charge is -2.15. The highest BCUT2D eigenvalue weighted by Crippen LogP contribution is 2.17. The molecule has 3 N–H and O–H groups in total. The highest BCUT2D eigenvalue weighted by molar-refractivity contribution is 5.93. The molecule has 0 aliphatic carbocycles. The Bertz CT molecular complexity index is 806. The van der Waals surface area contributed by atoms with Crippen molar-refractivity contribution < 1.29 is 23.3 Å². The maximum absolute atomic E-state index is 13.5. The third kappa shape index (κ3) is 5.35. The number of aryl methyl sites for hydroxylation is 1. The molecule has 0 saturated carbocycles. The number of likely N-dealkylation sites (N-methyl/N-ethyl adjacent to an activating group) is 1. The number of anilines is 2. The highest BCUT2D eigenvalue weighted by atomic mass is 19.1. The first-order valence-electron chi connectivity index (χ1n) is 8.18. The van der Waals surface area contributed by atoms with E-state index in [9.17, 15) is 18.4 Å². The minimum atomic E-state index is -0.718. The summed E-state index contributed by atoms with van der Waals surface area (Å²) >= 11 is 0. The number of halogens is 2. The molecule has 0 aromatic heterocycles. The van der Waals surface area contributed by atoms with Crippen molar-refractivity contribution in [2.75, 3.05) is 30.8 Å². The summed E-state index contributed by atoms with van der Waals surface area (Å²) in [5.41, 5.74) is 2.56. The van der Waals surface area contributed by atoms with Gasteiger partial charge in [0.15, 0.2) is 13.1 Å². The van der Waals surface area contributed by atoms with Crippen LogP contribution in [0, 0.1) is 25.5 Å². The molecule has 0 heterocycles. The van der Waals surface area contributed by atoms with Gasteiger partial charge in [0, 0.05) is 11.8 Å². The smallest absolute Gasteiger partial charge is 0.279 e. The number of nitrogens with one attached hydrogen (secondary N) is 3. The third-order valence-electron chi connectivity index (χ3n) is 4.01.